The Kier molecular flexibility index (Phi) is 3.85. The number of halogens is 3. The van der Waals surface area contributed by atoms with Crippen LogP contribution in [0, 0.1) is 6.92 Å². The molecule has 106 valence electrons. The van der Waals surface area contributed by atoms with Gasteiger partial charge in [0.1, 0.15) is 0 Å². The zero-order valence-corrected chi connectivity index (χ0v) is 11.5. The number of rotatable bonds is 3. The summed E-state index contributed by atoms with van der Waals surface area (Å²) in [6.07, 6.45) is -3.12. The first-order valence-electron chi connectivity index (χ1n) is 5.74. The van der Waals surface area contributed by atoms with E-state index in [0.29, 0.717) is 29.1 Å². The largest absolute Gasteiger partial charge is 0.443 e. The minimum atomic E-state index is -4.54. The summed E-state index contributed by atoms with van der Waals surface area (Å²) in [5.74, 6) is -0.507. The number of carbonyl (C=O) groups excluding carboxylic acids is 1. The molecule has 0 aliphatic rings. The van der Waals surface area contributed by atoms with Crippen molar-refractivity contribution in [1.82, 2.24) is 15.2 Å². The summed E-state index contributed by atoms with van der Waals surface area (Å²) in [6, 6.07) is 1.53. The van der Waals surface area contributed by atoms with Crippen LogP contribution in [0.15, 0.2) is 12.3 Å². The van der Waals surface area contributed by atoms with Crippen LogP contribution in [0.1, 0.15) is 38.6 Å². The highest BCUT2D eigenvalue weighted by Gasteiger charge is 2.35. The van der Waals surface area contributed by atoms with Gasteiger partial charge >= 0.3 is 6.18 Å². The first-order valence-corrected chi connectivity index (χ1v) is 6.55. The van der Waals surface area contributed by atoms with Gasteiger partial charge in [0.2, 0.25) is 5.78 Å². The Morgan fingerprint density at radius 1 is 1.35 bits per heavy atom. The number of alkyl halides is 3. The van der Waals surface area contributed by atoms with Gasteiger partial charge < -0.3 is 0 Å². The minimum Gasteiger partial charge on any atom is -0.288 e. The van der Waals surface area contributed by atoms with Gasteiger partial charge in [0, 0.05) is 11.8 Å². The number of nitrogens with zero attached hydrogens (tertiary/aromatic N) is 3. The van der Waals surface area contributed by atoms with E-state index in [-0.39, 0.29) is 10.4 Å². The second kappa shape index (κ2) is 5.28. The first kappa shape index (κ1) is 14.6. The molecule has 0 saturated carbocycles. The zero-order chi connectivity index (χ0) is 14.9. The number of hydrogen-bond donors (Lipinski definition) is 0. The molecule has 0 aliphatic carbocycles. The summed E-state index contributed by atoms with van der Waals surface area (Å²) in [4.78, 5) is 15.4. The molecular weight excluding hydrogens is 291 g/mol. The van der Waals surface area contributed by atoms with Crippen molar-refractivity contribution < 1.29 is 18.0 Å². The SMILES string of the molecule is CCc1nnc(C)cc1C(=O)c1cnc(C(F)(F)F)s1. The van der Waals surface area contributed by atoms with Crippen LogP contribution >= 0.6 is 11.3 Å². The molecule has 2 rings (SSSR count). The van der Waals surface area contributed by atoms with Gasteiger partial charge in [-0.3, -0.25) is 4.79 Å². The van der Waals surface area contributed by atoms with Gasteiger partial charge in [-0.15, -0.1) is 11.3 Å². The van der Waals surface area contributed by atoms with Crippen molar-refractivity contribution in [2.75, 3.05) is 0 Å². The summed E-state index contributed by atoms with van der Waals surface area (Å²) >= 11 is 0.334. The summed E-state index contributed by atoms with van der Waals surface area (Å²) in [6.45, 7) is 3.46. The van der Waals surface area contributed by atoms with Crippen molar-refractivity contribution in [1.29, 1.82) is 0 Å². The lowest BCUT2D eigenvalue weighted by Crippen LogP contribution is -2.08. The molecule has 0 bridgehead atoms. The van der Waals surface area contributed by atoms with Crippen molar-refractivity contribution >= 4 is 17.1 Å². The van der Waals surface area contributed by atoms with E-state index in [9.17, 15) is 18.0 Å². The summed E-state index contributed by atoms with van der Waals surface area (Å²) in [5, 5.41) is 6.70. The molecule has 0 amide bonds. The van der Waals surface area contributed by atoms with E-state index in [1.807, 2.05) is 0 Å². The number of ketones is 1. The number of carbonyl (C=O) groups is 1. The number of aromatic nitrogens is 3. The normalized spacial score (nSPS) is 11.7. The van der Waals surface area contributed by atoms with Crippen LogP contribution < -0.4 is 0 Å². The maximum absolute atomic E-state index is 12.5. The predicted octanol–water partition coefficient (Wildman–Crippen LogP) is 3.05. The molecule has 2 aromatic rings. The van der Waals surface area contributed by atoms with E-state index in [1.165, 1.54) is 6.07 Å². The molecule has 0 fully saturated rings. The van der Waals surface area contributed by atoms with Crippen LogP contribution in [0.2, 0.25) is 0 Å². The molecule has 0 aliphatic heterocycles. The third kappa shape index (κ3) is 2.84. The maximum atomic E-state index is 12.5. The molecule has 0 aromatic carbocycles. The van der Waals surface area contributed by atoms with E-state index in [1.54, 1.807) is 13.8 Å². The Balaban J connectivity index is 2.41. The van der Waals surface area contributed by atoms with Crippen LogP contribution in [-0.2, 0) is 12.6 Å². The summed E-state index contributed by atoms with van der Waals surface area (Å²) < 4.78 is 37.5. The second-order valence-corrected chi connectivity index (χ2v) is 5.09. The maximum Gasteiger partial charge on any atom is 0.443 e. The average Bonchev–Trinajstić information content (AvgIpc) is 2.87. The molecule has 0 radical (unpaired) electrons. The lowest BCUT2D eigenvalue weighted by Gasteiger charge is -2.04. The Morgan fingerprint density at radius 2 is 2.05 bits per heavy atom. The fraction of sp³-hybridized carbons (Fsp3) is 0.333. The topological polar surface area (TPSA) is 55.7 Å². The molecule has 4 nitrogen and oxygen atoms in total. The molecule has 0 unspecified atom stereocenters. The van der Waals surface area contributed by atoms with Crippen LogP contribution in [0.25, 0.3) is 0 Å². The third-order valence-electron chi connectivity index (χ3n) is 2.54. The fourth-order valence-corrected chi connectivity index (χ4v) is 2.35. The lowest BCUT2D eigenvalue weighted by atomic mass is 10.1. The van der Waals surface area contributed by atoms with Gasteiger partial charge in [-0.2, -0.15) is 23.4 Å². The van der Waals surface area contributed by atoms with Gasteiger partial charge in [-0.1, -0.05) is 6.92 Å². The summed E-state index contributed by atoms with van der Waals surface area (Å²) in [5.41, 5.74) is 1.27. The molecular formula is C12H10F3N3OS. The van der Waals surface area contributed by atoms with E-state index in [0.717, 1.165) is 6.20 Å². The molecule has 0 spiro atoms. The number of thiazole rings is 1. The predicted molar refractivity (Wildman–Crippen MR) is 66.7 cm³/mol. The molecule has 0 atom stereocenters. The quantitative estimate of drug-likeness (QED) is 0.818. The monoisotopic (exact) mass is 301 g/mol. The highest BCUT2D eigenvalue weighted by Crippen LogP contribution is 2.33. The van der Waals surface area contributed by atoms with E-state index in [2.05, 4.69) is 15.2 Å². The van der Waals surface area contributed by atoms with Gasteiger partial charge in [0.05, 0.1) is 16.3 Å². The van der Waals surface area contributed by atoms with E-state index >= 15 is 0 Å². The first-order chi connectivity index (χ1) is 9.32. The van der Waals surface area contributed by atoms with Crippen LogP contribution in [-0.4, -0.2) is 21.0 Å². The minimum absolute atomic E-state index is 0.0561. The molecule has 0 saturated heterocycles. The molecule has 2 aromatic heterocycles. The second-order valence-electron chi connectivity index (χ2n) is 4.06. The highest BCUT2D eigenvalue weighted by molar-refractivity contribution is 7.14. The van der Waals surface area contributed by atoms with Crippen LogP contribution in [0.5, 0.6) is 0 Å². The molecule has 8 heteroatoms. The Bertz CT molecular complexity index is 652. The Morgan fingerprint density at radius 3 is 2.60 bits per heavy atom. The molecule has 0 N–H and O–H groups in total. The van der Waals surface area contributed by atoms with Crippen molar-refractivity contribution in [3.8, 4) is 0 Å². The van der Waals surface area contributed by atoms with Crippen molar-refractivity contribution in [3.63, 3.8) is 0 Å². The zero-order valence-electron chi connectivity index (χ0n) is 10.7. The smallest absolute Gasteiger partial charge is 0.288 e. The van der Waals surface area contributed by atoms with Gasteiger partial charge in [-0.25, -0.2) is 4.98 Å². The highest BCUT2D eigenvalue weighted by atomic mass is 32.1. The molecule has 2 heterocycles. The Labute approximate surface area is 116 Å². The Hall–Kier alpha value is -1.83. The molecule has 20 heavy (non-hydrogen) atoms. The van der Waals surface area contributed by atoms with Crippen LogP contribution in [0.3, 0.4) is 0 Å². The average molecular weight is 301 g/mol. The van der Waals surface area contributed by atoms with Crippen LogP contribution in [0.4, 0.5) is 13.2 Å². The van der Waals surface area contributed by atoms with Gasteiger partial charge in [0.25, 0.3) is 0 Å². The standard InChI is InChI=1S/C12H10F3N3OS/c1-3-8-7(4-6(2)17-18-8)10(19)9-5-16-11(20-9)12(13,14)15/h4-5H,3H2,1-2H3. The number of aryl methyl sites for hydroxylation is 2. The lowest BCUT2D eigenvalue weighted by molar-refractivity contribution is -0.137. The van der Waals surface area contributed by atoms with Crippen molar-refractivity contribution in [3.05, 3.63) is 39.1 Å². The van der Waals surface area contributed by atoms with E-state index < -0.39 is 17.0 Å². The fourth-order valence-electron chi connectivity index (χ4n) is 1.61. The third-order valence-corrected chi connectivity index (χ3v) is 3.59. The van der Waals surface area contributed by atoms with Crippen molar-refractivity contribution in [2.45, 2.75) is 26.4 Å². The van der Waals surface area contributed by atoms with Crippen molar-refractivity contribution in [2.24, 2.45) is 0 Å². The van der Waals surface area contributed by atoms with E-state index in [4.69, 9.17) is 0 Å². The number of hydrogen-bond acceptors (Lipinski definition) is 5. The van der Waals surface area contributed by atoms with Gasteiger partial charge in [-0.05, 0) is 19.4 Å². The summed E-state index contributed by atoms with van der Waals surface area (Å²) in [7, 11) is 0. The van der Waals surface area contributed by atoms with Gasteiger partial charge in [0.15, 0.2) is 5.01 Å².